The number of aldehydes is 1. The van der Waals surface area contributed by atoms with Gasteiger partial charge in [-0.3, -0.25) is 9.78 Å². The maximum Gasteiger partial charge on any atom is 0.170 e. The fourth-order valence-electron chi connectivity index (χ4n) is 4.98. The maximum atomic E-state index is 15.0. The van der Waals surface area contributed by atoms with Crippen LogP contribution < -0.4 is 16.8 Å². The maximum absolute atomic E-state index is 15.0. The van der Waals surface area contributed by atoms with E-state index in [2.05, 4.69) is 15.3 Å². The molecule has 0 radical (unpaired) electrons. The smallest absolute Gasteiger partial charge is 0.170 e. The molecule has 0 bridgehead atoms. The molecule has 2 heterocycles. The van der Waals surface area contributed by atoms with E-state index >= 15 is 0 Å². The fourth-order valence-corrected chi connectivity index (χ4v) is 4.98. The van der Waals surface area contributed by atoms with Crippen molar-refractivity contribution in [3.8, 4) is 11.3 Å². The minimum absolute atomic E-state index is 0.00307. The number of carbonyl (C=O) groups is 1. The SMILES string of the molecule is CNc1cnccc1[C@H]1CC(N)C[C@@H](Cc2cccc(F)c2-c2nc(C=O)c(N)cc2F)C1. The molecule has 3 atom stereocenters. The molecular formula is C25H27F2N5O. The molecule has 1 unspecified atom stereocenters. The molecule has 0 spiro atoms. The van der Waals surface area contributed by atoms with Crippen LogP contribution in [-0.4, -0.2) is 29.3 Å². The molecule has 1 saturated carbocycles. The van der Waals surface area contributed by atoms with Gasteiger partial charge in [0.15, 0.2) is 12.1 Å². The Morgan fingerprint density at radius 2 is 2.00 bits per heavy atom. The Morgan fingerprint density at radius 1 is 1.18 bits per heavy atom. The van der Waals surface area contributed by atoms with Gasteiger partial charge in [0.25, 0.3) is 0 Å². The second-order valence-corrected chi connectivity index (χ2v) is 8.63. The highest BCUT2D eigenvalue weighted by Crippen LogP contribution is 2.41. The third-order valence-electron chi connectivity index (χ3n) is 6.40. The molecule has 172 valence electrons. The number of hydrogen-bond acceptors (Lipinski definition) is 6. The molecule has 0 saturated heterocycles. The van der Waals surface area contributed by atoms with Crippen LogP contribution in [0, 0.1) is 17.6 Å². The fraction of sp³-hybridized carbons (Fsp3) is 0.320. The number of carbonyl (C=O) groups excluding carboxylic acids is 1. The van der Waals surface area contributed by atoms with Gasteiger partial charge in [0.05, 0.1) is 17.6 Å². The summed E-state index contributed by atoms with van der Waals surface area (Å²) in [5.41, 5.74) is 14.5. The minimum Gasteiger partial charge on any atom is -0.397 e. The zero-order valence-electron chi connectivity index (χ0n) is 18.4. The quantitative estimate of drug-likeness (QED) is 0.482. The molecule has 1 fully saturated rings. The summed E-state index contributed by atoms with van der Waals surface area (Å²) >= 11 is 0. The average Bonchev–Trinajstić information content (AvgIpc) is 2.79. The summed E-state index contributed by atoms with van der Waals surface area (Å²) < 4.78 is 29.7. The van der Waals surface area contributed by atoms with Crippen LogP contribution in [0.2, 0.25) is 0 Å². The average molecular weight is 452 g/mol. The third-order valence-corrected chi connectivity index (χ3v) is 6.40. The van der Waals surface area contributed by atoms with E-state index < -0.39 is 11.6 Å². The van der Waals surface area contributed by atoms with Gasteiger partial charge in [-0.25, -0.2) is 13.8 Å². The van der Waals surface area contributed by atoms with Gasteiger partial charge in [0, 0.05) is 30.9 Å². The summed E-state index contributed by atoms with van der Waals surface area (Å²) in [7, 11) is 1.86. The molecule has 1 aromatic carbocycles. The first kappa shape index (κ1) is 22.8. The lowest BCUT2D eigenvalue weighted by atomic mass is 9.73. The molecule has 4 rings (SSSR count). The number of aromatic nitrogens is 2. The number of rotatable bonds is 6. The van der Waals surface area contributed by atoms with Gasteiger partial charge < -0.3 is 16.8 Å². The Morgan fingerprint density at radius 3 is 2.76 bits per heavy atom. The van der Waals surface area contributed by atoms with Crippen molar-refractivity contribution in [3.05, 3.63) is 71.2 Å². The molecule has 0 amide bonds. The molecule has 3 aromatic rings. The van der Waals surface area contributed by atoms with E-state index in [4.69, 9.17) is 11.5 Å². The van der Waals surface area contributed by atoms with Gasteiger partial charge >= 0.3 is 0 Å². The first-order valence-electron chi connectivity index (χ1n) is 11.0. The van der Waals surface area contributed by atoms with Gasteiger partial charge in [-0.05, 0) is 60.8 Å². The lowest BCUT2D eigenvalue weighted by molar-refractivity contribution is 0.112. The third kappa shape index (κ3) is 4.71. The highest BCUT2D eigenvalue weighted by molar-refractivity contribution is 5.82. The van der Waals surface area contributed by atoms with Crippen LogP contribution in [0.4, 0.5) is 20.2 Å². The summed E-state index contributed by atoms with van der Waals surface area (Å²) in [6.45, 7) is 0. The van der Waals surface area contributed by atoms with Crippen molar-refractivity contribution in [1.29, 1.82) is 0 Å². The van der Waals surface area contributed by atoms with Gasteiger partial charge in [-0.2, -0.15) is 0 Å². The summed E-state index contributed by atoms with van der Waals surface area (Å²) in [5.74, 6) is -0.962. The van der Waals surface area contributed by atoms with Crippen molar-refractivity contribution < 1.29 is 13.6 Å². The first-order valence-corrected chi connectivity index (χ1v) is 11.0. The Labute approximate surface area is 191 Å². The second-order valence-electron chi connectivity index (χ2n) is 8.63. The number of hydrogen-bond donors (Lipinski definition) is 3. The number of halogens is 2. The largest absolute Gasteiger partial charge is 0.397 e. The van der Waals surface area contributed by atoms with E-state index in [9.17, 15) is 13.6 Å². The number of nitrogens with one attached hydrogen (secondary N) is 1. The first-order chi connectivity index (χ1) is 15.9. The number of nitrogens with zero attached hydrogens (tertiary/aromatic N) is 2. The van der Waals surface area contributed by atoms with Gasteiger partial charge in [-0.15, -0.1) is 0 Å². The van der Waals surface area contributed by atoms with E-state index in [1.54, 1.807) is 24.5 Å². The Kier molecular flexibility index (Phi) is 6.65. The summed E-state index contributed by atoms with van der Waals surface area (Å²) in [5, 5.41) is 3.19. The van der Waals surface area contributed by atoms with Crippen molar-refractivity contribution in [2.45, 2.75) is 37.6 Å². The zero-order valence-corrected chi connectivity index (χ0v) is 18.4. The van der Waals surface area contributed by atoms with E-state index in [1.165, 1.54) is 6.07 Å². The number of nitrogens with two attached hydrogens (primary N) is 2. The Balaban J connectivity index is 1.68. The minimum atomic E-state index is -0.766. The van der Waals surface area contributed by atoms with E-state index in [1.807, 2.05) is 13.1 Å². The highest BCUT2D eigenvalue weighted by atomic mass is 19.1. The molecule has 33 heavy (non-hydrogen) atoms. The molecule has 5 N–H and O–H groups in total. The van der Waals surface area contributed by atoms with Crippen molar-refractivity contribution >= 4 is 17.7 Å². The number of nitrogen functional groups attached to an aromatic ring is 1. The molecule has 8 heteroatoms. The van der Waals surface area contributed by atoms with Crippen LogP contribution in [0.25, 0.3) is 11.3 Å². The van der Waals surface area contributed by atoms with Crippen LogP contribution >= 0.6 is 0 Å². The van der Waals surface area contributed by atoms with Gasteiger partial charge in [-0.1, -0.05) is 12.1 Å². The van der Waals surface area contributed by atoms with Crippen LogP contribution in [0.3, 0.4) is 0 Å². The normalized spacial score (nSPS) is 20.4. The number of anilines is 2. The van der Waals surface area contributed by atoms with Crippen LogP contribution in [0.15, 0.2) is 42.7 Å². The second kappa shape index (κ2) is 9.62. The lowest BCUT2D eigenvalue weighted by Gasteiger charge is -2.34. The Bertz CT molecular complexity index is 1170. The zero-order chi connectivity index (χ0) is 23.5. The van der Waals surface area contributed by atoms with Crippen molar-refractivity contribution in [2.75, 3.05) is 18.1 Å². The molecule has 2 aromatic heterocycles. The van der Waals surface area contributed by atoms with E-state index in [-0.39, 0.29) is 40.5 Å². The summed E-state index contributed by atoms with van der Waals surface area (Å²) in [6, 6.07) is 7.66. The number of benzene rings is 1. The van der Waals surface area contributed by atoms with E-state index in [0.29, 0.717) is 18.3 Å². The lowest BCUT2D eigenvalue weighted by Crippen LogP contribution is -2.33. The van der Waals surface area contributed by atoms with Crippen molar-refractivity contribution in [1.82, 2.24) is 9.97 Å². The van der Waals surface area contributed by atoms with E-state index in [0.717, 1.165) is 36.6 Å². The molecule has 1 aliphatic carbocycles. The molecule has 1 aliphatic rings. The van der Waals surface area contributed by atoms with Crippen LogP contribution in [0.1, 0.15) is 46.8 Å². The summed E-state index contributed by atoms with van der Waals surface area (Å²) in [6.07, 6.45) is 7.02. The molecule has 0 aliphatic heterocycles. The predicted octanol–water partition coefficient (Wildman–Crippen LogP) is 4.31. The highest BCUT2D eigenvalue weighted by Gasteiger charge is 2.30. The van der Waals surface area contributed by atoms with Crippen molar-refractivity contribution in [3.63, 3.8) is 0 Å². The van der Waals surface area contributed by atoms with Crippen molar-refractivity contribution in [2.24, 2.45) is 11.7 Å². The monoisotopic (exact) mass is 451 g/mol. The predicted molar refractivity (Wildman–Crippen MR) is 125 cm³/mol. The van der Waals surface area contributed by atoms with Crippen LogP contribution in [0.5, 0.6) is 0 Å². The number of pyridine rings is 2. The topological polar surface area (TPSA) is 107 Å². The molecular weight excluding hydrogens is 424 g/mol. The summed E-state index contributed by atoms with van der Waals surface area (Å²) in [4.78, 5) is 19.5. The van der Waals surface area contributed by atoms with Gasteiger partial charge in [0.2, 0.25) is 0 Å². The standard InChI is InChI=1S/C25H27F2N5O/c1-30-22-12-31-6-5-18(22)16-8-14(9-17(28)10-16)7-15-3-2-4-19(26)24(15)25-20(27)11-21(29)23(13-33)32-25/h2-6,11-14,16-17,30H,7-10,28-29H2,1H3/t14-,16+,17?/m0/s1. The molecule has 6 nitrogen and oxygen atoms in total. The van der Waals surface area contributed by atoms with Gasteiger partial charge in [0.1, 0.15) is 17.2 Å². The Hall–Kier alpha value is -3.39. The van der Waals surface area contributed by atoms with Crippen LogP contribution in [-0.2, 0) is 6.42 Å².